The third kappa shape index (κ3) is 4.22. The highest BCUT2D eigenvalue weighted by Crippen LogP contribution is 2.32. The third-order valence-corrected chi connectivity index (χ3v) is 6.61. The lowest BCUT2D eigenvalue weighted by Crippen LogP contribution is -2.41. The molecule has 13 heteroatoms. The molecule has 1 aromatic carbocycles. The van der Waals surface area contributed by atoms with Gasteiger partial charge in [-0.25, -0.2) is 17.8 Å². The maximum atomic E-state index is 13.2. The number of aliphatic hydroxyl groups excluding tert-OH is 1. The van der Waals surface area contributed by atoms with E-state index in [9.17, 15) is 45.9 Å². The first kappa shape index (κ1) is 25.1. The van der Waals surface area contributed by atoms with Gasteiger partial charge in [-0.2, -0.15) is 13.2 Å². The van der Waals surface area contributed by atoms with Crippen LogP contribution in [0.1, 0.15) is 36.1 Å². The number of rotatable bonds is 3. The molecule has 0 radical (unpaired) electrons. The van der Waals surface area contributed by atoms with Crippen molar-refractivity contribution in [2.75, 3.05) is 6.26 Å². The number of carbonyl (C=O) groups is 2. The summed E-state index contributed by atoms with van der Waals surface area (Å²) < 4.78 is 64.9. The highest BCUT2D eigenvalue weighted by atomic mass is 32.2. The minimum Gasteiger partial charge on any atom is -0.506 e. The van der Waals surface area contributed by atoms with Gasteiger partial charge < -0.3 is 5.11 Å². The fraction of sp³-hybridized carbons (Fsp3) is 0.333. The van der Waals surface area contributed by atoms with E-state index >= 15 is 0 Å². The van der Waals surface area contributed by atoms with E-state index < -0.39 is 66.4 Å². The Morgan fingerprint density at radius 3 is 2.12 bits per heavy atom. The molecule has 1 saturated carbocycles. The highest BCUT2D eigenvalue weighted by Gasteiger charge is 2.36. The molecular formula is C21H19F3N2O7S. The van der Waals surface area contributed by atoms with E-state index in [1.165, 1.54) is 6.92 Å². The summed E-state index contributed by atoms with van der Waals surface area (Å²) in [7, 11) is -3.38. The smallest absolute Gasteiger partial charge is 0.431 e. The average Bonchev–Trinajstić information content (AvgIpc) is 2.69. The molecule has 0 spiro atoms. The normalized spacial score (nSPS) is 15.1. The van der Waals surface area contributed by atoms with Gasteiger partial charge in [-0.3, -0.25) is 19.0 Å². The van der Waals surface area contributed by atoms with E-state index in [0.717, 1.165) is 25.4 Å². The number of hydrogen-bond acceptors (Lipinski definition) is 7. The Morgan fingerprint density at radius 2 is 1.62 bits per heavy atom. The fourth-order valence-electron chi connectivity index (χ4n) is 3.83. The van der Waals surface area contributed by atoms with Gasteiger partial charge in [0.25, 0.3) is 5.56 Å². The minimum absolute atomic E-state index is 0.00261. The van der Waals surface area contributed by atoms with Crippen LogP contribution in [-0.2, 0) is 32.7 Å². The Labute approximate surface area is 190 Å². The van der Waals surface area contributed by atoms with Gasteiger partial charge in [0.05, 0.1) is 10.6 Å². The summed E-state index contributed by atoms with van der Waals surface area (Å²) in [5.41, 5.74) is -6.02. The van der Waals surface area contributed by atoms with Gasteiger partial charge in [-0.15, -0.1) is 0 Å². The van der Waals surface area contributed by atoms with Crippen molar-refractivity contribution in [1.82, 2.24) is 9.13 Å². The van der Waals surface area contributed by atoms with Gasteiger partial charge in [0.1, 0.15) is 17.0 Å². The van der Waals surface area contributed by atoms with Crippen molar-refractivity contribution in [3.8, 4) is 5.69 Å². The maximum absolute atomic E-state index is 13.2. The standard InChI is InChI=1S/C21H19F3N2O7S/c1-10-11(19(30)17-12(27)5-4-6-13(17)28)7-8-14(34(3,32)33)18(10)26-16(29)9-15(21(22,23)24)25(2)20(26)31/h7-9,30H,4-6H2,1-3H3. The summed E-state index contributed by atoms with van der Waals surface area (Å²) in [4.78, 5) is 49.4. The van der Waals surface area contributed by atoms with E-state index in [1.54, 1.807) is 0 Å². The lowest BCUT2D eigenvalue weighted by atomic mass is 9.89. The van der Waals surface area contributed by atoms with Crippen LogP contribution in [0.5, 0.6) is 0 Å². The lowest BCUT2D eigenvalue weighted by Gasteiger charge is -2.20. The van der Waals surface area contributed by atoms with E-state index in [2.05, 4.69) is 0 Å². The lowest BCUT2D eigenvalue weighted by molar-refractivity contribution is -0.144. The van der Waals surface area contributed by atoms with Crippen molar-refractivity contribution < 1.29 is 36.3 Å². The molecule has 0 unspecified atom stereocenters. The van der Waals surface area contributed by atoms with Crippen LogP contribution in [0.25, 0.3) is 11.4 Å². The fourth-order valence-corrected chi connectivity index (χ4v) is 4.74. The molecule has 1 fully saturated rings. The first-order chi connectivity index (χ1) is 15.6. The average molecular weight is 500 g/mol. The van der Waals surface area contributed by atoms with Crippen LogP contribution in [0.4, 0.5) is 13.2 Å². The van der Waals surface area contributed by atoms with Crippen LogP contribution < -0.4 is 11.2 Å². The molecule has 34 heavy (non-hydrogen) atoms. The van der Waals surface area contributed by atoms with Gasteiger partial charge in [-0.05, 0) is 31.0 Å². The topological polar surface area (TPSA) is 133 Å². The zero-order chi connectivity index (χ0) is 25.7. The number of nitrogens with zero attached hydrogens (tertiary/aromatic N) is 2. The van der Waals surface area contributed by atoms with E-state index in [4.69, 9.17) is 0 Å². The Bertz CT molecular complexity index is 1480. The number of halogens is 3. The Balaban J connectivity index is 2.47. The molecule has 1 aromatic heterocycles. The summed E-state index contributed by atoms with van der Waals surface area (Å²) in [6.45, 7) is 1.21. The second-order valence-electron chi connectivity index (χ2n) is 7.82. The minimum atomic E-state index is -5.03. The number of Topliss-reactive ketones (excluding diaryl/α,β-unsaturated/α-hetero) is 2. The van der Waals surface area contributed by atoms with Crippen LogP contribution in [0.15, 0.2) is 38.3 Å². The zero-order valence-electron chi connectivity index (χ0n) is 18.2. The number of benzene rings is 1. The number of carbonyl (C=O) groups excluding carboxylic acids is 2. The highest BCUT2D eigenvalue weighted by molar-refractivity contribution is 7.90. The summed E-state index contributed by atoms with van der Waals surface area (Å²) in [5.74, 6) is -2.04. The molecule has 1 heterocycles. The van der Waals surface area contributed by atoms with Crippen LogP contribution in [-0.4, -0.2) is 40.5 Å². The first-order valence-electron chi connectivity index (χ1n) is 9.81. The van der Waals surface area contributed by atoms with Crippen molar-refractivity contribution in [3.63, 3.8) is 0 Å². The van der Waals surface area contributed by atoms with Crippen LogP contribution >= 0.6 is 0 Å². The number of ketones is 2. The number of aromatic nitrogens is 2. The van der Waals surface area contributed by atoms with Crippen molar-refractivity contribution in [2.24, 2.45) is 7.05 Å². The van der Waals surface area contributed by atoms with Gasteiger partial charge in [0.15, 0.2) is 21.4 Å². The largest absolute Gasteiger partial charge is 0.506 e. The van der Waals surface area contributed by atoms with Crippen LogP contribution in [0.3, 0.4) is 0 Å². The molecule has 2 aromatic rings. The van der Waals surface area contributed by atoms with Crippen molar-refractivity contribution >= 4 is 27.2 Å². The zero-order valence-corrected chi connectivity index (χ0v) is 19.0. The summed E-state index contributed by atoms with van der Waals surface area (Å²) in [6.07, 6.45) is -3.98. The molecule has 182 valence electrons. The second-order valence-corrected chi connectivity index (χ2v) is 9.81. The van der Waals surface area contributed by atoms with Crippen LogP contribution in [0.2, 0.25) is 0 Å². The number of alkyl halides is 3. The number of aliphatic hydroxyl groups is 1. The Morgan fingerprint density at radius 1 is 1.06 bits per heavy atom. The summed E-state index contributed by atoms with van der Waals surface area (Å²) in [6, 6.07) is 2.17. The molecule has 0 aliphatic heterocycles. The molecule has 0 amide bonds. The SMILES string of the molecule is Cc1c(C(O)=C2C(=O)CCCC2=O)ccc(S(C)(=O)=O)c1-n1c(=O)cc(C(F)(F)F)n(C)c1=O. The molecule has 3 rings (SSSR count). The summed E-state index contributed by atoms with van der Waals surface area (Å²) in [5, 5.41) is 10.7. The molecule has 0 saturated heterocycles. The number of allylic oxidation sites excluding steroid dienone is 1. The first-order valence-corrected chi connectivity index (χ1v) is 11.7. The quantitative estimate of drug-likeness (QED) is 0.386. The van der Waals surface area contributed by atoms with Gasteiger partial charge in [-0.1, -0.05) is 0 Å². The number of hydrogen-bond donors (Lipinski definition) is 1. The van der Waals surface area contributed by atoms with Crippen LogP contribution in [0, 0.1) is 6.92 Å². The molecule has 1 aliphatic carbocycles. The van der Waals surface area contributed by atoms with Crippen molar-refractivity contribution in [1.29, 1.82) is 0 Å². The van der Waals surface area contributed by atoms with E-state index in [1.807, 2.05) is 0 Å². The molecular weight excluding hydrogens is 481 g/mol. The van der Waals surface area contributed by atoms with E-state index in [0.29, 0.717) is 6.42 Å². The van der Waals surface area contributed by atoms with Crippen molar-refractivity contribution in [3.05, 3.63) is 61.4 Å². The van der Waals surface area contributed by atoms with E-state index in [-0.39, 0.29) is 39.2 Å². The Hall–Kier alpha value is -3.48. The molecule has 0 atom stereocenters. The predicted octanol–water partition coefficient (Wildman–Crippen LogP) is 1.86. The second kappa shape index (κ2) is 8.38. The van der Waals surface area contributed by atoms with Gasteiger partial charge >= 0.3 is 11.9 Å². The molecule has 1 N–H and O–H groups in total. The molecule has 1 aliphatic rings. The van der Waals surface area contributed by atoms with Crippen molar-refractivity contribution in [2.45, 2.75) is 37.3 Å². The molecule has 0 bridgehead atoms. The predicted molar refractivity (Wildman–Crippen MR) is 114 cm³/mol. The van der Waals surface area contributed by atoms with Gasteiger partial charge in [0, 0.05) is 37.8 Å². The van der Waals surface area contributed by atoms with Gasteiger partial charge in [0.2, 0.25) is 0 Å². The summed E-state index contributed by atoms with van der Waals surface area (Å²) >= 11 is 0. The third-order valence-electron chi connectivity index (χ3n) is 5.48. The maximum Gasteiger partial charge on any atom is 0.431 e. The molecule has 9 nitrogen and oxygen atoms in total. The number of sulfone groups is 1. The Kier molecular flexibility index (Phi) is 6.20. The monoisotopic (exact) mass is 500 g/mol.